The van der Waals surface area contributed by atoms with Gasteiger partial charge in [-0.25, -0.2) is 4.98 Å². The van der Waals surface area contributed by atoms with E-state index in [4.69, 9.17) is 11.6 Å². The molecule has 0 fully saturated rings. The summed E-state index contributed by atoms with van der Waals surface area (Å²) < 4.78 is 11.6. The molecule has 0 saturated carbocycles. The minimum atomic E-state index is -3.22. The van der Waals surface area contributed by atoms with Gasteiger partial charge in [0.1, 0.15) is 5.15 Å². The van der Waals surface area contributed by atoms with Crippen molar-refractivity contribution in [3.05, 3.63) is 85.4 Å². The maximum atomic E-state index is 11.2. The van der Waals surface area contributed by atoms with Crippen LogP contribution in [-0.4, -0.2) is 9.97 Å². The molecule has 2 aromatic heterocycles. The number of hydrogen-bond acceptors (Lipinski definition) is 3. The number of nitrogens with zero attached hydrogens (tertiary/aromatic N) is 1. The Bertz CT molecular complexity index is 1240. The Hall–Kier alpha value is -0.590. The average Bonchev–Trinajstić information content (AvgIpc) is 2.61. The van der Waals surface area contributed by atoms with E-state index < -0.39 is 5.20 Å². The molecule has 0 aliphatic rings. The van der Waals surface area contributed by atoms with Crippen molar-refractivity contribution in [3.8, 4) is 0 Å². The maximum absolute atomic E-state index is 11.2. The number of halogens is 6. The van der Waals surface area contributed by atoms with Gasteiger partial charge in [0.15, 0.2) is 0 Å². The molecule has 0 radical (unpaired) electrons. The Kier molecular flexibility index (Phi) is 9.49. The molecule has 0 saturated heterocycles. The smallest absolute Gasteiger partial charge is 0.329 e. The number of fused-ring (bicyclic) bond motifs is 2. The minimum Gasteiger partial charge on any atom is -0.329 e. The normalized spacial score (nSPS) is 10.7. The first-order valence-electron chi connectivity index (χ1n) is 7.70. The number of nitrogens with one attached hydrogen (secondary N) is 1. The van der Waals surface area contributed by atoms with Crippen molar-refractivity contribution in [1.82, 2.24) is 9.97 Å². The van der Waals surface area contributed by atoms with Gasteiger partial charge in [-0.3, -0.25) is 9.36 Å². The summed E-state index contributed by atoms with van der Waals surface area (Å²) in [6, 6.07) is 15.3. The van der Waals surface area contributed by atoms with Crippen molar-refractivity contribution in [3.63, 3.8) is 0 Å². The molecule has 29 heavy (non-hydrogen) atoms. The highest BCUT2D eigenvalue weighted by Gasteiger charge is 2.03. The molecular formula is C18H11Br2Cl4N2O2P. The summed E-state index contributed by atoms with van der Waals surface area (Å²) >= 11 is 26.5. The summed E-state index contributed by atoms with van der Waals surface area (Å²) in [7, 11) is 0. The molecule has 2 heterocycles. The van der Waals surface area contributed by atoms with Gasteiger partial charge in [0.25, 0.3) is 5.56 Å². The van der Waals surface area contributed by atoms with Gasteiger partial charge in [-0.1, -0.05) is 49.5 Å². The SMILES string of the molecule is Clc1nccc2cc(Br)ccc12.O=P(Cl)(Cl)Cl.O=c1[nH]ccc2cc(Br)ccc12. The van der Waals surface area contributed by atoms with Crippen LogP contribution in [-0.2, 0) is 4.57 Å². The topological polar surface area (TPSA) is 62.8 Å². The summed E-state index contributed by atoms with van der Waals surface area (Å²) in [4.78, 5) is 17.8. The van der Waals surface area contributed by atoms with E-state index in [0.717, 1.165) is 30.5 Å². The third-order valence-electron chi connectivity index (χ3n) is 3.41. The van der Waals surface area contributed by atoms with Crippen LogP contribution >= 0.6 is 82.4 Å². The van der Waals surface area contributed by atoms with E-state index in [1.165, 1.54) is 0 Å². The van der Waals surface area contributed by atoms with E-state index in [0.29, 0.717) is 5.15 Å². The highest BCUT2D eigenvalue weighted by Crippen LogP contribution is 2.61. The Balaban J connectivity index is 0.000000170. The van der Waals surface area contributed by atoms with Gasteiger partial charge in [-0.15, -0.1) is 0 Å². The summed E-state index contributed by atoms with van der Waals surface area (Å²) in [6.45, 7) is 0. The van der Waals surface area contributed by atoms with E-state index in [-0.39, 0.29) is 5.56 Å². The quantitative estimate of drug-likeness (QED) is 0.158. The number of aromatic nitrogens is 2. The molecule has 2 aromatic carbocycles. The van der Waals surface area contributed by atoms with Crippen molar-refractivity contribution in [2.45, 2.75) is 0 Å². The molecule has 152 valence electrons. The fraction of sp³-hybridized carbons (Fsp3) is 0. The second-order valence-electron chi connectivity index (χ2n) is 5.40. The summed E-state index contributed by atoms with van der Waals surface area (Å²) in [6.07, 6.45) is 3.36. The Morgan fingerprint density at radius 1 is 0.862 bits per heavy atom. The van der Waals surface area contributed by atoms with E-state index in [1.54, 1.807) is 18.5 Å². The minimum absolute atomic E-state index is 0.0417. The lowest BCUT2D eigenvalue weighted by Crippen LogP contribution is -2.03. The molecule has 0 aliphatic carbocycles. The van der Waals surface area contributed by atoms with Gasteiger partial charge in [-0.2, -0.15) is 0 Å². The van der Waals surface area contributed by atoms with Crippen LogP contribution in [0.15, 0.2) is 74.7 Å². The van der Waals surface area contributed by atoms with Crippen LogP contribution in [0.1, 0.15) is 0 Å². The molecule has 0 atom stereocenters. The predicted octanol–water partition coefficient (Wildman–Crippen LogP) is 8.75. The third kappa shape index (κ3) is 8.58. The van der Waals surface area contributed by atoms with Crippen molar-refractivity contribution >= 4 is 104 Å². The van der Waals surface area contributed by atoms with Crippen molar-refractivity contribution < 1.29 is 4.57 Å². The molecule has 4 rings (SSSR count). The fourth-order valence-electron chi connectivity index (χ4n) is 2.28. The lowest BCUT2D eigenvalue weighted by Gasteiger charge is -1.98. The van der Waals surface area contributed by atoms with Crippen molar-refractivity contribution in [1.29, 1.82) is 0 Å². The third-order valence-corrected chi connectivity index (χ3v) is 4.70. The average molecular weight is 620 g/mol. The van der Waals surface area contributed by atoms with Gasteiger partial charge in [-0.05, 0) is 87.0 Å². The van der Waals surface area contributed by atoms with Gasteiger partial charge < -0.3 is 4.98 Å². The number of benzene rings is 2. The Labute approximate surface area is 202 Å². The zero-order valence-corrected chi connectivity index (χ0v) is 21.3. The van der Waals surface area contributed by atoms with Crippen LogP contribution in [0, 0.1) is 0 Å². The number of aromatic amines is 1. The van der Waals surface area contributed by atoms with Crippen molar-refractivity contribution in [2.24, 2.45) is 0 Å². The number of hydrogen-bond donors (Lipinski definition) is 1. The highest BCUT2D eigenvalue weighted by molar-refractivity contribution is 9.10. The first kappa shape index (κ1) is 24.7. The van der Waals surface area contributed by atoms with Crippen LogP contribution in [0.2, 0.25) is 5.15 Å². The number of pyridine rings is 2. The van der Waals surface area contributed by atoms with Gasteiger partial charge in [0, 0.05) is 32.1 Å². The number of rotatable bonds is 0. The zero-order valence-electron chi connectivity index (χ0n) is 14.3. The number of H-pyrrole nitrogens is 1. The lowest BCUT2D eigenvalue weighted by molar-refractivity contribution is 0.600. The first-order chi connectivity index (χ1) is 13.5. The van der Waals surface area contributed by atoms with E-state index in [2.05, 4.69) is 75.6 Å². The predicted molar refractivity (Wildman–Crippen MR) is 132 cm³/mol. The maximum Gasteiger partial charge on any atom is 0.339 e. The largest absolute Gasteiger partial charge is 0.339 e. The molecular weight excluding hydrogens is 609 g/mol. The van der Waals surface area contributed by atoms with E-state index in [9.17, 15) is 9.36 Å². The van der Waals surface area contributed by atoms with Crippen LogP contribution in [0.3, 0.4) is 0 Å². The van der Waals surface area contributed by atoms with Gasteiger partial charge in [0.2, 0.25) is 0 Å². The van der Waals surface area contributed by atoms with E-state index >= 15 is 0 Å². The molecule has 11 heteroatoms. The van der Waals surface area contributed by atoms with Crippen LogP contribution in [0.25, 0.3) is 21.5 Å². The highest BCUT2D eigenvalue weighted by atomic mass is 79.9. The molecule has 0 aliphatic heterocycles. The zero-order chi connectivity index (χ0) is 21.6. The standard InChI is InChI=1S/C9H5BrClN.C9H6BrNO.Cl3OP/c10-7-1-2-8-6(5-7)3-4-12-9(8)11;10-7-1-2-8-6(5-7)3-4-11-9(8)12;1-5(2,3)4/h1-5H;1-5H,(H,11,12);. The monoisotopic (exact) mass is 616 g/mol. The molecule has 4 nitrogen and oxygen atoms in total. The summed E-state index contributed by atoms with van der Waals surface area (Å²) in [5.41, 5.74) is -0.0417. The van der Waals surface area contributed by atoms with Crippen LogP contribution in [0.4, 0.5) is 0 Å². The van der Waals surface area contributed by atoms with E-state index in [1.807, 2.05) is 42.5 Å². The van der Waals surface area contributed by atoms with Crippen molar-refractivity contribution in [2.75, 3.05) is 0 Å². The summed E-state index contributed by atoms with van der Waals surface area (Å²) in [5.74, 6) is 0. The molecule has 0 spiro atoms. The Morgan fingerprint density at radius 3 is 1.97 bits per heavy atom. The lowest BCUT2D eigenvalue weighted by atomic mass is 10.2. The molecule has 0 bridgehead atoms. The second kappa shape index (κ2) is 11.1. The Morgan fingerprint density at radius 2 is 1.38 bits per heavy atom. The fourth-order valence-corrected chi connectivity index (χ4v) is 3.26. The molecule has 0 amide bonds. The van der Waals surface area contributed by atoms with Crippen LogP contribution < -0.4 is 5.56 Å². The molecule has 4 aromatic rings. The van der Waals surface area contributed by atoms with Gasteiger partial charge >= 0.3 is 5.20 Å². The van der Waals surface area contributed by atoms with Gasteiger partial charge in [0.05, 0.1) is 0 Å². The summed E-state index contributed by atoms with van der Waals surface area (Å²) in [5, 5.41) is 1.10. The first-order valence-corrected chi connectivity index (χ1v) is 14.1. The molecule has 1 N–H and O–H groups in total. The van der Waals surface area contributed by atoms with Crippen LogP contribution in [0.5, 0.6) is 0 Å². The molecule has 0 unspecified atom stereocenters. The second-order valence-corrected chi connectivity index (χ2v) is 14.2.